The van der Waals surface area contributed by atoms with Crippen LogP contribution in [0.5, 0.6) is 11.5 Å². The van der Waals surface area contributed by atoms with Crippen LogP contribution in [-0.2, 0) is 9.47 Å². The molecule has 0 amide bonds. The molecule has 5 rings (SSSR count). The lowest BCUT2D eigenvalue weighted by molar-refractivity contribution is 0.0357. The predicted molar refractivity (Wildman–Crippen MR) is 138 cm³/mol. The second-order valence-corrected chi connectivity index (χ2v) is 10.9. The molecular formula is C28H35FN2O7. The highest BCUT2D eigenvalue weighted by Gasteiger charge is 2.46. The van der Waals surface area contributed by atoms with E-state index in [1.54, 1.807) is 10.6 Å². The molecule has 9 nitrogen and oxygen atoms in total. The summed E-state index contributed by atoms with van der Waals surface area (Å²) in [6.07, 6.45) is 2.77. The van der Waals surface area contributed by atoms with E-state index < -0.39 is 28.2 Å². The number of hydrogen-bond acceptors (Lipinski definition) is 7. The van der Waals surface area contributed by atoms with Crippen LogP contribution in [0.3, 0.4) is 0 Å². The summed E-state index contributed by atoms with van der Waals surface area (Å²) >= 11 is 0. The first-order valence-corrected chi connectivity index (χ1v) is 13.1. The van der Waals surface area contributed by atoms with Crippen molar-refractivity contribution in [3.05, 3.63) is 45.5 Å². The minimum absolute atomic E-state index is 0.0726. The van der Waals surface area contributed by atoms with Gasteiger partial charge in [-0.25, -0.2) is 9.18 Å². The van der Waals surface area contributed by atoms with Crippen molar-refractivity contribution in [1.29, 1.82) is 0 Å². The molecule has 0 spiro atoms. The number of nitrogens with zero attached hydrogens (tertiary/aromatic N) is 2. The molecule has 3 aliphatic heterocycles. The van der Waals surface area contributed by atoms with Crippen molar-refractivity contribution >= 4 is 5.97 Å². The number of pyridine rings is 1. The second kappa shape index (κ2) is 10.7. The number of halogens is 1. The van der Waals surface area contributed by atoms with Crippen LogP contribution in [-0.4, -0.2) is 80.3 Å². The van der Waals surface area contributed by atoms with Crippen molar-refractivity contribution in [2.24, 2.45) is 5.41 Å². The third kappa shape index (κ3) is 4.81. The van der Waals surface area contributed by atoms with E-state index in [-0.39, 0.29) is 17.7 Å². The third-order valence-corrected chi connectivity index (χ3v) is 7.91. The number of methoxy groups -OCH3 is 1. The molecule has 2 aromatic rings. The summed E-state index contributed by atoms with van der Waals surface area (Å²) < 4.78 is 40.5. The van der Waals surface area contributed by atoms with E-state index in [4.69, 9.17) is 18.9 Å². The molecule has 206 valence electrons. The minimum atomic E-state index is -1.45. The molecule has 0 unspecified atom stereocenters. The smallest absolute Gasteiger partial charge is 0.341 e. The van der Waals surface area contributed by atoms with Gasteiger partial charge >= 0.3 is 5.97 Å². The predicted octanol–water partition coefficient (Wildman–Crippen LogP) is 3.55. The van der Waals surface area contributed by atoms with E-state index in [0.29, 0.717) is 43.3 Å². The van der Waals surface area contributed by atoms with Crippen LogP contribution in [0.2, 0.25) is 0 Å². The first-order chi connectivity index (χ1) is 18.2. The number of hydrogen-bond donors (Lipinski definition) is 1. The number of rotatable bonds is 7. The van der Waals surface area contributed by atoms with E-state index in [1.165, 1.54) is 13.3 Å². The van der Waals surface area contributed by atoms with Gasteiger partial charge in [-0.1, -0.05) is 13.8 Å². The first kappa shape index (κ1) is 26.6. The van der Waals surface area contributed by atoms with Crippen LogP contribution in [0.4, 0.5) is 4.39 Å². The summed E-state index contributed by atoms with van der Waals surface area (Å²) in [6.45, 7) is 9.68. The molecule has 4 heterocycles. The highest BCUT2D eigenvalue weighted by Crippen LogP contribution is 2.54. The topological polar surface area (TPSA) is 99.5 Å². The third-order valence-electron chi connectivity index (χ3n) is 7.91. The zero-order valence-electron chi connectivity index (χ0n) is 22.1. The SMILES string of the molecule is COc1cc2c(cc1OCCCN1CCOCC1)[C@H]1CCOCC(C)(C)[C@H]1n1cc(C(=O)O)c(=O)c(F)c1-2. The molecule has 0 saturated carbocycles. The number of aromatic carboxylic acids is 1. The Hall–Kier alpha value is -2.95. The number of benzene rings is 1. The molecular weight excluding hydrogens is 495 g/mol. The number of aromatic nitrogens is 1. The molecule has 0 aliphatic carbocycles. The summed E-state index contributed by atoms with van der Waals surface area (Å²) in [5.41, 5.74) is -0.751. The second-order valence-electron chi connectivity index (χ2n) is 10.9. The molecule has 3 aliphatic rings. The van der Waals surface area contributed by atoms with Gasteiger partial charge in [-0.15, -0.1) is 0 Å². The van der Waals surface area contributed by atoms with Crippen LogP contribution < -0.4 is 14.9 Å². The van der Waals surface area contributed by atoms with Crippen molar-refractivity contribution in [2.75, 3.05) is 59.8 Å². The normalized spacial score (nSPS) is 22.5. The maximum absolute atomic E-state index is 15.7. The number of carboxylic acid groups (broad SMARTS) is 1. The maximum Gasteiger partial charge on any atom is 0.341 e. The standard InChI is InChI=1S/C28H35FN2O7/c1-28(2)16-37-10-5-17-18-13-22(38-9-4-6-30-7-11-36-12-8-30)21(35-3)14-19(18)24-23(29)25(32)20(27(33)34)15-31(24)26(17)28/h13-15,17,26H,4-12,16H2,1-3H3,(H,33,34)/t17-,26+/m1/s1. The fourth-order valence-corrected chi connectivity index (χ4v) is 6.11. The molecule has 1 aromatic carbocycles. The summed E-state index contributed by atoms with van der Waals surface area (Å²) in [6, 6.07) is 3.28. The van der Waals surface area contributed by atoms with Crippen LogP contribution in [0.25, 0.3) is 11.3 Å². The molecule has 0 bridgehead atoms. The molecule has 1 N–H and O–H groups in total. The molecule has 38 heavy (non-hydrogen) atoms. The Kier molecular flexibility index (Phi) is 7.48. The van der Waals surface area contributed by atoms with Crippen molar-refractivity contribution in [1.82, 2.24) is 9.47 Å². The average Bonchev–Trinajstić information content (AvgIpc) is 3.06. The van der Waals surface area contributed by atoms with Crippen molar-refractivity contribution in [2.45, 2.75) is 38.6 Å². The van der Waals surface area contributed by atoms with Crippen molar-refractivity contribution in [3.8, 4) is 22.8 Å². The van der Waals surface area contributed by atoms with Gasteiger partial charge < -0.3 is 28.6 Å². The van der Waals surface area contributed by atoms with Crippen LogP contribution in [0, 0.1) is 11.2 Å². The lowest BCUT2D eigenvalue weighted by Gasteiger charge is -2.44. The van der Waals surface area contributed by atoms with Crippen LogP contribution >= 0.6 is 0 Å². The monoisotopic (exact) mass is 530 g/mol. The lowest BCUT2D eigenvalue weighted by Crippen LogP contribution is -2.39. The van der Waals surface area contributed by atoms with Gasteiger partial charge in [-0.3, -0.25) is 9.69 Å². The molecule has 2 saturated heterocycles. The maximum atomic E-state index is 15.7. The molecule has 1 aromatic heterocycles. The highest BCUT2D eigenvalue weighted by molar-refractivity contribution is 5.88. The van der Waals surface area contributed by atoms with Crippen molar-refractivity contribution in [3.63, 3.8) is 0 Å². The number of carboxylic acids is 1. The summed E-state index contributed by atoms with van der Waals surface area (Å²) in [5, 5.41) is 9.62. The van der Waals surface area contributed by atoms with Crippen LogP contribution in [0.15, 0.2) is 23.1 Å². The Morgan fingerprint density at radius 1 is 1.18 bits per heavy atom. The van der Waals surface area contributed by atoms with Gasteiger partial charge in [0.25, 0.3) is 0 Å². The Morgan fingerprint density at radius 2 is 1.95 bits per heavy atom. The Morgan fingerprint density at radius 3 is 2.66 bits per heavy atom. The van der Waals surface area contributed by atoms with Crippen molar-refractivity contribution < 1.29 is 33.2 Å². The van der Waals surface area contributed by atoms with Gasteiger partial charge in [-0.05, 0) is 30.5 Å². The van der Waals surface area contributed by atoms with E-state index in [2.05, 4.69) is 4.90 Å². The largest absolute Gasteiger partial charge is 0.493 e. The van der Waals surface area contributed by atoms with Gasteiger partial charge in [0.2, 0.25) is 5.43 Å². The molecule has 10 heteroatoms. The number of morpholine rings is 1. The summed E-state index contributed by atoms with van der Waals surface area (Å²) in [7, 11) is 1.52. The van der Waals surface area contributed by atoms with E-state index in [0.717, 1.165) is 44.8 Å². The lowest BCUT2D eigenvalue weighted by atomic mass is 9.70. The number of carbonyl (C=O) groups is 1. The van der Waals surface area contributed by atoms with Gasteiger partial charge in [-0.2, -0.15) is 0 Å². The quantitative estimate of drug-likeness (QED) is 0.543. The Labute approximate surface area is 221 Å². The fourth-order valence-electron chi connectivity index (χ4n) is 6.11. The highest BCUT2D eigenvalue weighted by atomic mass is 19.1. The first-order valence-electron chi connectivity index (χ1n) is 13.1. The summed E-state index contributed by atoms with van der Waals surface area (Å²) in [4.78, 5) is 26.9. The number of ether oxygens (including phenoxy) is 4. The zero-order chi connectivity index (χ0) is 27.0. The fraction of sp³-hybridized carbons (Fsp3) is 0.571. The average molecular weight is 531 g/mol. The van der Waals surface area contributed by atoms with E-state index in [1.807, 2.05) is 19.9 Å². The van der Waals surface area contributed by atoms with Gasteiger partial charge in [0.15, 0.2) is 17.3 Å². The van der Waals surface area contributed by atoms with Gasteiger partial charge in [0, 0.05) is 55.4 Å². The molecule has 2 atom stereocenters. The van der Waals surface area contributed by atoms with E-state index >= 15 is 4.39 Å². The molecule has 0 radical (unpaired) electrons. The zero-order valence-corrected chi connectivity index (χ0v) is 22.1. The molecule has 2 fully saturated rings. The Bertz CT molecular complexity index is 1270. The Balaban J connectivity index is 1.57. The number of fused-ring (bicyclic) bond motifs is 6. The van der Waals surface area contributed by atoms with E-state index in [9.17, 15) is 14.7 Å². The van der Waals surface area contributed by atoms with Crippen LogP contribution in [0.1, 0.15) is 54.6 Å². The van der Waals surface area contributed by atoms with Gasteiger partial charge in [0.1, 0.15) is 5.56 Å². The van der Waals surface area contributed by atoms with Gasteiger partial charge in [0.05, 0.1) is 39.2 Å². The summed E-state index contributed by atoms with van der Waals surface area (Å²) in [5.74, 6) is -1.65. The minimum Gasteiger partial charge on any atom is -0.493 e.